The number of aryl methyl sites for hydroxylation is 1. The number of benzene rings is 1. The Bertz CT molecular complexity index is 557. The average molecular weight is 291 g/mol. The number of hydrogen-bond donors (Lipinski definition) is 2. The average Bonchev–Trinajstić information content (AvgIpc) is 2.90. The van der Waals surface area contributed by atoms with E-state index in [2.05, 4.69) is 5.32 Å². The fourth-order valence-electron chi connectivity index (χ4n) is 2.52. The van der Waals surface area contributed by atoms with Crippen LogP contribution in [0.3, 0.4) is 0 Å². The Hall–Kier alpha value is -2.24. The number of nitrogens with zero attached hydrogens (tertiary/aromatic N) is 2. The smallest absolute Gasteiger partial charge is 0.321 e. The molecule has 21 heavy (non-hydrogen) atoms. The van der Waals surface area contributed by atoms with Crippen molar-refractivity contribution in [1.82, 2.24) is 4.90 Å². The van der Waals surface area contributed by atoms with Crippen LogP contribution in [-0.2, 0) is 4.79 Å². The van der Waals surface area contributed by atoms with Gasteiger partial charge in [0, 0.05) is 38.6 Å². The van der Waals surface area contributed by atoms with Crippen molar-refractivity contribution in [3.8, 4) is 0 Å². The molecule has 0 saturated carbocycles. The third-order valence-corrected chi connectivity index (χ3v) is 3.77. The summed E-state index contributed by atoms with van der Waals surface area (Å²) in [5.74, 6) is -1.29. The van der Waals surface area contributed by atoms with Crippen LogP contribution in [0.15, 0.2) is 18.2 Å². The number of carboxylic acids is 1. The van der Waals surface area contributed by atoms with E-state index >= 15 is 0 Å². The molecule has 1 unspecified atom stereocenters. The number of rotatable bonds is 3. The van der Waals surface area contributed by atoms with Gasteiger partial charge in [-0.3, -0.25) is 4.79 Å². The molecule has 1 aliphatic heterocycles. The van der Waals surface area contributed by atoms with Gasteiger partial charge in [-0.15, -0.1) is 0 Å². The predicted molar refractivity (Wildman–Crippen MR) is 81.8 cm³/mol. The van der Waals surface area contributed by atoms with Crippen LogP contribution in [0, 0.1) is 12.8 Å². The number of likely N-dealkylation sites (tertiary alicyclic amines) is 1. The molecule has 0 bridgehead atoms. The molecule has 2 rings (SSSR count). The second kappa shape index (κ2) is 6.03. The highest BCUT2D eigenvalue weighted by Gasteiger charge is 2.30. The van der Waals surface area contributed by atoms with E-state index in [4.69, 9.17) is 5.11 Å². The van der Waals surface area contributed by atoms with Crippen molar-refractivity contribution < 1.29 is 14.7 Å². The molecule has 1 heterocycles. The van der Waals surface area contributed by atoms with Crippen LogP contribution < -0.4 is 10.2 Å². The molecular formula is C15H21N3O3. The Morgan fingerprint density at radius 3 is 2.67 bits per heavy atom. The number of anilines is 2. The summed E-state index contributed by atoms with van der Waals surface area (Å²) in [5, 5.41) is 11.8. The number of amides is 2. The topological polar surface area (TPSA) is 72.9 Å². The molecule has 6 heteroatoms. The van der Waals surface area contributed by atoms with Crippen molar-refractivity contribution in [3.05, 3.63) is 23.8 Å². The van der Waals surface area contributed by atoms with E-state index < -0.39 is 11.9 Å². The maximum absolute atomic E-state index is 12.2. The van der Waals surface area contributed by atoms with Gasteiger partial charge in [0.25, 0.3) is 0 Å². The quantitative estimate of drug-likeness (QED) is 0.893. The van der Waals surface area contributed by atoms with Crippen molar-refractivity contribution in [2.24, 2.45) is 5.92 Å². The Kier molecular flexibility index (Phi) is 4.35. The Morgan fingerprint density at radius 2 is 2.10 bits per heavy atom. The number of carbonyl (C=O) groups excluding carboxylic acids is 1. The fraction of sp³-hybridized carbons (Fsp3) is 0.467. The molecule has 1 aromatic carbocycles. The molecule has 0 aromatic heterocycles. The second-order valence-corrected chi connectivity index (χ2v) is 5.60. The molecule has 1 aromatic rings. The zero-order valence-electron chi connectivity index (χ0n) is 12.6. The van der Waals surface area contributed by atoms with Gasteiger partial charge in [0.2, 0.25) is 0 Å². The molecule has 114 valence electrons. The number of nitrogens with one attached hydrogen (secondary N) is 1. The highest BCUT2D eigenvalue weighted by atomic mass is 16.4. The summed E-state index contributed by atoms with van der Waals surface area (Å²) in [5.41, 5.74) is 2.89. The molecule has 1 fully saturated rings. The van der Waals surface area contributed by atoms with Crippen LogP contribution in [0.5, 0.6) is 0 Å². The lowest BCUT2D eigenvalue weighted by Crippen LogP contribution is -2.33. The van der Waals surface area contributed by atoms with Gasteiger partial charge in [-0.05, 0) is 31.0 Å². The first kappa shape index (κ1) is 15.2. The van der Waals surface area contributed by atoms with Crippen molar-refractivity contribution in [1.29, 1.82) is 0 Å². The van der Waals surface area contributed by atoms with Gasteiger partial charge in [-0.25, -0.2) is 4.79 Å². The van der Waals surface area contributed by atoms with Crippen LogP contribution in [0.25, 0.3) is 0 Å². The normalized spacial score (nSPS) is 17.7. The summed E-state index contributed by atoms with van der Waals surface area (Å²) in [7, 11) is 3.90. The molecule has 1 aliphatic rings. The molecule has 1 atom stereocenters. The van der Waals surface area contributed by atoms with Crippen LogP contribution in [0.4, 0.5) is 16.2 Å². The molecule has 0 spiro atoms. The third kappa shape index (κ3) is 3.45. The molecule has 1 saturated heterocycles. The molecule has 2 N–H and O–H groups in total. The Labute approximate surface area is 124 Å². The number of urea groups is 1. The Morgan fingerprint density at radius 1 is 1.38 bits per heavy atom. The molecule has 2 amide bonds. The zero-order chi connectivity index (χ0) is 15.6. The van der Waals surface area contributed by atoms with E-state index in [-0.39, 0.29) is 12.6 Å². The lowest BCUT2D eigenvalue weighted by molar-refractivity contribution is -0.141. The van der Waals surface area contributed by atoms with Gasteiger partial charge < -0.3 is 20.2 Å². The van der Waals surface area contributed by atoms with Gasteiger partial charge in [0.1, 0.15) is 0 Å². The van der Waals surface area contributed by atoms with E-state index in [1.165, 1.54) is 0 Å². The lowest BCUT2D eigenvalue weighted by atomic mass is 10.1. The predicted octanol–water partition coefficient (Wildman–Crippen LogP) is 2.00. The van der Waals surface area contributed by atoms with Gasteiger partial charge in [-0.2, -0.15) is 0 Å². The minimum absolute atomic E-state index is 0.243. The van der Waals surface area contributed by atoms with E-state index in [0.717, 1.165) is 11.3 Å². The third-order valence-electron chi connectivity index (χ3n) is 3.77. The number of carboxylic acid groups (broad SMARTS) is 1. The first-order valence-electron chi connectivity index (χ1n) is 6.95. The monoisotopic (exact) mass is 291 g/mol. The van der Waals surface area contributed by atoms with Gasteiger partial charge in [0.05, 0.1) is 5.92 Å². The molecular weight excluding hydrogens is 270 g/mol. The van der Waals surface area contributed by atoms with Gasteiger partial charge in [-0.1, -0.05) is 6.07 Å². The minimum Gasteiger partial charge on any atom is -0.481 e. The van der Waals surface area contributed by atoms with Gasteiger partial charge in [0.15, 0.2) is 0 Å². The van der Waals surface area contributed by atoms with Crippen molar-refractivity contribution in [2.45, 2.75) is 13.3 Å². The molecule has 6 nitrogen and oxygen atoms in total. The second-order valence-electron chi connectivity index (χ2n) is 5.60. The van der Waals surface area contributed by atoms with Crippen LogP contribution >= 0.6 is 0 Å². The number of carbonyl (C=O) groups is 2. The summed E-state index contributed by atoms with van der Waals surface area (Å²) in [6.07, 6.45) is 0.513. The standard InChI is InChI=1S/C15H21N3O3/c1-10-4-5-12(8-13(10)17(2)3)16-15(21)18-7-6-11(9-18)14(19)20/h4-5,8,11H,6-7,9H2,1-3H3,(H,16,21)(H,19,20). The number of aliphatic carboxylic acids is 1. The highest BCUT2D eigenvalue weighted by molar-refractivity contribution is 5.90. The SMILES string of the molecule is Cc1ccc(NC(=O)N2CCC(C(=O)O)C2)cc1N(C)C. The first-order valence-corrected chi connectivity index (χ1v) is 6.95. The van der Waals surface area contributed by atoms with E-state index in [9.17, 15) is 9.59 Å². The summed E-state index contributed by atoms with van der Waals surface area (Å²) >= 11 is 0. The maximum atomic E-state index is 12.2. The van der Waals surface area contributed by atoms with Crippen LogP contribution in [0.1, 0.15) is 12.0 Å². The molecule has 0 aliphatic carbocycles. The Balaban J connectivity index is 2.03. The lowest BCUT2D eigenvalue weighted by Gasteiger charge is -2.19. The largest absolute Gasteiger partial charge is 0.481 e. The summed E-state index contributed by atoms with van der Waals surface area (Å²) in [4.78, 5) is 26.6. The zero-order valence-corrected chi connectivity index (χ0v) is 12.6. The first-order chi connectivity index (χ1) is 9.88. The van der Waals surface area contributed by atoms with Crippen molar-refractivity contribution in [2.75, 3.05) is 37.4 Å². The van der Waals surface area contributed by atoms with Crippen LogP contribution in [-0.4, -0.2) is 49.2 Å². The summed E-state index contributed by atoms with van der Waals surface area (Å²) in [6, 6.07) is 5.48. The van der Waals surface area contributed by atoms with E-state index in [1.54, 1.807) is 4.90 Å². The van der Waals surface area contributed by atoms with Crippen molar-refractivity contribution in [3.63, 3.8) is 0 Å². The summed E-state index contributed by atoms with van der Waals surface area (Å²) < 4.78 is 0. The van der Waals surface area contributed by atoms with Crippen molar-refractivity contribution >= 4 is 23.4 Å². The molecule has 0 radical (unpaired) electrons. The highest BCUT2D eigenvalue weighted by Crippen LogP contribution is 2.23. The van der Waals surface area contributed by atoms with E-state index in [0.29, 0.717) is 18.7 Å². The summed E-state index contributed by atoms with van der Waals surface area (Å²) in [6.45, 7) is 2.77. The van der Waals surface area contributed by atoms with Gasteiger partial charge >= 0.3 is 12.0 Å². The van der Waals surface area contributed by atoms with E-state index in [1.807, 2.05) is 44.1 Å². The number of hydrogen-bond acceptors (Lipinski definition) is 3. The fourth-order valence-corrected chi connectivity index (χ4v) is 2.52. The minimum atomic E-state index is -0.837. The van der Waals surface area contributed by atoms with Crippen LogP contribution in [0.2, 0.25) is 0 Å². The maximum Gasteiger partial charge on any atom is 0.321 e.